The first kappa shape index (κ1) is 18.2. The number of nitrogens with one attached hydrogen (secondary N) is 1. The van der Waals surface area contributed by atoms with Crippen molar-refractivity contribution in [2.45, 2.75) is 64.5 Å². The SMILES string of the molecule is CCCC[C@H](NC(CC)CCc1ccc(Br)cc1)C(=O)O. The topological polar surface area (TPSA) is 49.3 Å². The van der Waals surface area contributed by atoms with E-state index in [0.29, 0.717) is 6.42 Å². The van der Waals surface area contributed by atoms with Gasteiger partial charge < -0.3 is 10.4 Å². The van der Waals surface area contributed by atoms with Crippen LogP contribution >= 0.6 is 15.9 Å². The van der Waals surface area contributed by atoms with Gasteiger partial charge in [-0.05, 0) is 43.4 Å². The second-order valence-corrected chi connectivity index (χ2v) is 6.39. The highest BCUT2D eigenvalue weighted by atomic mass is 79.9. The molecule has 2 N–H and O–H groups in total. The first-order valence-electron chi connectivity index (χ1n) is 7.80. The van der Waals surface area contributed by atoms with Crippen LogP contribution in [0.2, 0.25) is 0 Å². The van der Waals surface area contributed by atoms with Crippen molar-refractivity contribution in [2.75, 3.05) is 0 Å². The molecule has 0 spiro atoms. The van der Waals surface area contributed by atoms with Crippen LogP contribution < -0.4 is 5.32 Å². The molecule has 1 aromatic rings. The van der Waals surface area contributed by atoms with E-state index >= 15 is 0 Å². The molecule has 0 fully saturated rings. The summed E-state index contributed by atoms with van der Waals surface area (Å²) in [7, 11) is 0. The van der Waals surface area contributed by atoms with Crippen molar-refractivity contribution in [3.8, 4) is 0 Å². The monoisotopic (exact) mass is 355 g/mol. The number of aryl methyl sites for hydroxylation is 1. The highest BCUT2D eigenvalue weighted by Crippen LogP contribution is 2.14. The Labute approximate surface area is 136 Å². The Hall–Kier alpha value is -0.870. The van der Waals surface area contributed by atoms with Crippen LogP contribution in [0.4, 0.5) is 0 Å². The normalized spacial score (nSPS) is 13.9. The zero-order valence-electron chi connectivity index (χ0n) is 12.9. The van der Waals surface area contributed by atoms with E-state index in [0.717, 1.165) is 36.6 Å². The molecule has 0 bridgehead atoms. The first-order valence-corrected chi connectivity index (χ1v) is 8.59. The van der Waals surface area contributed by atoms with Crippen molar-refractivity contribution in [3.05, 3.63) is 34.3 Å². The fraction of sp³-hybridized carbons (Fsp3) is 0.588. The minimum atomic E-state index is -0.731. The van der Waals surface area contributed by atoms with Gasteiger partial charge in [0, 0.05) is 10.5 Å². The average Bonchev–Trinajstić information content (AvgIpc) is 2.48. The van der Waals surface area contributed by atoms with Crippen LogP contribution in [0.1, 0.15) is 51.5 Å². The fourth-order valence-electron chi connectivity index (χ4n) is 2.37. The van der Waals surface area contributed by atoms with Crippen molar-refractivity contribution < 1.29 is 9.90 Å². The van der Waals surface area contributed by atoms with Crippen molar-refractivity contribution >= 4 is 21.9 Å². The number of hydrogen-bond acceptors (Lipinski definition) is 2. The van der Waals surface area contributed by atoms with Crippen LogP contribution in [0.3, 0.4) is 0 Å². The number of aliphatic carboxylic acids is 1. The van der Waals surface area contributed by atoms with Gasteiger partial charge in [-0.1, -0.05) is 54.8 Å². The van der Waals surface area contributed by atoms with Crippen molar-refractivity contribution in [1.29, 1.82) is 0 Å². The summed E-state index contributed by atoms with van der Waals surface area (Å²) in [5.74, 6) is -0.731. The number of carbonyl (C=O) groups is 1. The number of unbranched alkanes of at least 4 members (excludes halogenated alkanes) is 1. The predicted octanol–water partition coefficient (Wildman–Crippen LogP) is 4.39. The molecule has 3 nitrogen and oxygen atoms in total. The third-order valence-electron chi connectivity index (χ3n) is 3.77. The van der Waals surface area contributed by atoms with Gasteiger partial charge in [0.05, 0.1) is 0 Å². The van der Waals surface area contributed by atoms with E-state index in [9.17, 15) is 9.90 Å². The van der Waals surface area contributed by atoms with Gasteiger partial charge in [-0.15, -0.1) is 0 Å². The number of carboxylic acids is 1. The van der Waals surface area contributed by atoms with Crippen LogP contribution in [0, 0.1) is 0 Å². The summed E-state index contributed by atoms with van der Waals surface area (Å²) in [6.45, 7) is 4.20. The third-order valence-corrected chi connectivity index (χ3v) is 4.30. The van der Waals surface area contributed by atoms with Gasteiger partial charge in [0.1, 0.15) is 6.04 Å². The van der Waals surface area contributed by atoms with Crippen LogP contribution in [0.15, 0.2) is 28.7 Å². The molecule has 4 heteroatoms. The van der Waals surface area contributed by atoms with E-state index in [1.165, 1.54) is 5.56 Å². The Bertz CT molecular complexity index is 419. The van der Waals surface area contributed by atoms with Gasteiger partial charge in [0.15, 0.2) is 0 Å². The molecule has 0 radical (unpaired) electrons. The van der Waals surface area contributed by atoms with E-state index in [-0.39, 0.29) is 6.04 Å². The molecule has 1 unspecified atom stereocenters. The zero-order chi connectivity index (χ0) is 15.7. The van der Waals surface area contributed by atoms with E-state index in [4.69, 9.17) is 0 Å². The molecule has 0 aromatic heterocycles. The van der Waals surface area contributed by atoms with Gasteiger partial charge in [-0.25, -0.2) is 0 Å². The van der Waals surface area contributed by atoms with Gasteiger partial charge >= 0.3 is 5.97 Å². The maximum absolute atomic E-state index is 11.3. The second-order valence-electron chi connectivity index (χ2n) is 5.47. The number of hydrogen-bond donors (Lipinski definition) is 2. The van der Waals surface area contributed by atoms with Crippen LogP contribution in [-0.4, -0.2) is 23.2 Å². The first-order chi connectivity index (χ1) is 10.1. The number of halogens is 1. The lowest BCUT2D eigenvalue weighted by Gasteiger charge is -2.22. The molecule has 0 aliphatic rings. The Morgan fingerprint density at radius 3 is 2.43 bits per heavy atom. The molecular formula is C17H26BrNO2. The molecule has 1 rings (SSSR count). The average molecular weight is 356 g/mol. The van der Waals surface area contributed by atoms with Gasteiger partial charge in [-0.2, -0.15) is 0 Å². The minimum Gasteiger partial charge on any atom is -0.480 e. The molecular weight excluding hydrogens is 330 g/mol. The third kappa shape index (κ3) is 7.09. The molecule has 0 saturated carbocycles. The fourth-order valence-corrected chi connectivity index (χ4v) is 2.63. The van der Waals surface area contributed by atoms with Gasteiger partial charge in [-0.3, -0.25) is 4.79 Å². The summed E-state index contributed by atoms with van der Waals surface area (Å²) < 4.78 is 1.09. The van der Waals surface area contributed by atoms with E-state index in [2.05, 4.69) is 47.2 Å². The molecule has 2 atom stereocenters. The Balaban J connectivity index is 2.49. The maximum Gasteiger partial charge on any atom is 0.320 e. The summed E-state index contributed by atoms with van der Waals surface area (Å²) in [6.07, 6.45) is 5.58. The molecule has 0 amide bonds. The Morgan fingerprint density at radius 1 is 1.24 bits per heavy atom. The maximum atomic E-state index is 11.3. The molecule has 0 aliphatic carbocycles. The molecule has 118 valence electrons. The van der Waals surface area contributed by atoms with Crippen molar-refractivity contribution in [3.63, 3.8) is 0 Å². The number of benzene rings is 1. The minimum absolute atomic E-state index is 0.256. The summed E-state index contributed by atoms with van der Waals surface area (Å²) in [5.41, 5.74) is 1.29. The standard InChI is InChI=1S/C17H26BrNO2/c1-3-5-6-16(17(20)21)19-15(4-2)12-9-13-7-10-14(18)11-8-13/h7-8,10-11,15-16,19H,3-6,9,12H2,1-2H3,(H,20,21)/t15?,16-/m0/s1. The molecule has 0 heterocycles. The summed E-state index contributed by atoms with van der Waals surface area (Å²) in [5, 5.41) is 12.6. The second kappa shape index (κ2) is 9.96. The quantitative estimate of drug-likeness (QED) is 0.654. The van der Waals surface area contributed by atoms with Crippen molar-refractivity contribution in [1.82, 2.24) is 5.32 Å². The molecule has 0 saturated heterocycles. The van der Waals surface area contributed by atoms with Crippen molar-refractivity contribution in [2.24, 2.45) is 0 Å². The van der Waals surface area contributed by atoms with E-state index in [1.807, 2.05) is 12.1 Å². The predicted molar refractivity (Wildman–Crippen MR) is 90.6 cm³/mol. The van der Waals surface area contributed by atoms with Crippen LogP contribution in [-0.2, 0) is 11.2 Å². The molecule has 1 aromatic carbocycles. The lowest BCUT2D eigenvalue weighted by Crippen LogP contribution is -2.43. The summed E-state index contributed by atoms with van der Waals surface area (Å²) in [4.78, 5) is 11.3. The number of carboxylic acid groups (broad SMARTS) is 1. The Kier molecular flexibility index (Phi) is 8.62. The summed E-state index contributed by atoms with van der Waals surface area (Å²) >= 11 is 3.43. The highest BCUT2D eigenvalue weighted by Gasteiger charge is 2.19. The van der Waals surface area contributed by atoms with E-state index in [1.54, 1.807) is 0 Å². The van der Waals surface area contributed by atoms with Crippen LogP contribution in [0.25, 0.3) is 0 Å². The summed E-state index contributed by atoms with van der Waals surface area (Å²) in [6, 6.07) is 8.16. The smallest absolute Gasteiger partial charge is 0.320 e. The molecule has 0 aliphatic heterocycles. The Morgan fingerprint density at radius 2 is 1.90 bits per heavy atom. The van der Waals surface area contributed by atoms with Crippen LogP contribution in [0.5, 0.6) is 0 Å². The zero-order valence-corrected chi connectivity index (χ0v) is 14.5. The largest absolute Gasteiger partial charge is 0.480 e. The van der Waals surface area contributed by atoms with Gasteiger partial charge in [0.25, 0.3) is 0 Å². The number of rotatable bonds is 10. The van der Waals surface area contributed by atoms with E-state index < -0.39 is 12.0 Å². The lowest BCUT2D eigenvalue weighted by atomic mass is 10.0. The van der Waals surface area contributed by atoms with Gasteiger partial charge in [0.2, 0.25) is 0 Å². The highest BCUT2D eigenvalue weighted by molar-refractivity contribution is 9.10. The lowest BCUT2D eigenvalue weighted by molar-refractivity contribution is -0.140. The molecule has 21 heavy (non-hydrogen) atoms.